The zero-order chi connectivity index (χ0) is 13.3. The fourth-order valence-corrected chi connectivity index (χ4v) is 2.28. The minimum Gasteiger partial charge on any atom is -0.292 e. The van der Waals surface area contributed by atoms with Crippen LogP contribution >= 0.6 is 22.6 Å². The highest BCUT2D eigenvalue weighted by Gasteiger charge is 2.19. The predicted octanol–water partition coefficient (Wildman–Crippen LogP) is 3.55. The molecular formula is C14H15IN2O. The molecule has 18 heavy (non-hydrogen) atoms. The van der Waals surface area contributed by atoms with E-state index in [4.69, 9.17) is 0 Å². The maximum Gasteiger partial charge on any atom is 0.187 e. The molecular weight excluding hydrogens is 339 g/mol. The van der Waals surface area contributed by atoms with Crippen molar-refractivity contribution in [3.05, 3.63) is 50.9 Å². The summed E-state index contributed by atoms with van der Waals surface area (Å²) in [6, 6.07) is 5.69. The first kappa shape index (κ1) is 13.3. The monoisotopic (exact) mass is 354 g/mol. The van der Waals surface area contributed by atoms with E-state index in [1.165, 1.54) is 0 Å². The third kappa shape index (κ3) is 2.63. The van der Waals surface area contributed by atoms with Crippen LogP contribution in [0.25, 0.3) is 0 Å². The van der Waals surface area contributed by atoms with Crippen LogP contribution in [0.15, 0.2) is 30.6 Å². The van der Waals surface area contributed by atoms with Gasteiger partial charge in [-0.3, -0.25) is 9.48 Å². The van der Waals surface area contributed by atoms with E-state index in [1.807, 2.05) is 45.2 Å². The van der Waals surface area contributed by atoms with Gasteiger partial charge >= 0.3 is 0 Å². The Hall–Kier alpha value is -1.17. The van der Waals surface area contributed by atoms with Gasteiger partial charge in [-0.2, -0.15) is 5.10 Å². The summed E-state index contributed by atoms with van der Waals surface area (Å²) in [5, 5.41) is 4.20. The second kappa shape index (κ2) is 5.22. The first-order valence-corrected chi connectivity index (χ1v) is 6.88. The van der Waals surface area contributed by atoms with Crippen molar-refractivity contribution in [1.29, 1.82) is 0 Å². The molecule has 0 spiro atoms. The molecule has 1 heterocycles. The smallest absolute Gasteiger partial charge is 0.187 e. The van der Waals surface area contributed by atoms with Gasteiger partial charge in [-0.15, -0.1) is 0 Å². The summed E-state index contributed by atoms with van der Waals surface area (Å²) < 4.78 is 2.75. The zero-order valence-corrected chi connectivity index (χ0v) is 12.8. The van der Waals surface area contributed by atoms with Crippen molar-refractivity contribution in [1.82, 2.24) is 9.78 Å². The fourth-order valence-electron chi connectivity index (χ4n) is 1.87. The van der Waals surface area contributed by atoms with E-state index >= 15 is 0 Å². The molecule has 0 aliphatic carbocycles. The molecule has 1 unspecified atom stereocenters. The van der Waals surface area contributed by atoms with Crippen LogP contribution in [-0.4, -0.2) is 15.6 Å². The van der Waals surface area contributed by atoms with E-state index in [-0.39, 0.29) is 11.8 Å². The maximum absolute atomic E-state index is 12.5. The van der Waals surface area contributed by atoms with E-state index in [9.17, 15) is 4.79 Å². The van der Waals surface area contributed by atoms with Gasteiger partial charge in [0.25, 0.3) is 0 Å². The molecule has 0 fully saturated rings. The summed E-state index contributed by atoms with van der Waals surface area (Å²) in [5.74, 6) is 0.107. The third-order valence-corrected chi connectivity index (χ3v) is 3.56. The van der Waals surface area contributed by atoms with Crippen LogP contribution in [-0.2, 0) is 0 Å². The minimum atomic E-state index is -0.269. The Morgan fingerprint density at radius 1 is 1.39 bits per heavy atom. The van der Waals surface area contributed by atoms with Crippen molar-refractivity contribution in [2.24, 2.45) is 0 Å². The van der Waals surface area contributed by atoms with Gasteiger partial charge in [0.05, 0.1) is 9.77 Å². The SMILES string of the molecule is Cc1ccc(C)c(C(=O)C(C)n2cc(I)cn2)c1. The second-order valence-corrected chi connectivity index (χ2v) is 5.74. The van der Waals surface area contributed by atoms with E-state index in [0.29, 0.717) is 0 Å². The number of rotatable bonds is 3. The van der Waals surface area contributed by atoms with E-state index in [2.05, 4.69) is 27.7 Å². The van der Waals surface area contributed by atoms with Crippen molar-refractivity contribution in [3.63, 3.8) is 0 Å². The second-order valence-electron chi connectivity index (χ2n) is 4.50. The van der Waals surface area contributed by atoms with Crippen LogP contribution in [0.5, 0.6) is 0 Å². The highest BCUT2D eigenvalue weighted by molar-refractivity contribution is 14.1. The topological polar surface area (TPSA) is 34.9 Å². The third-order valence-electron chi connectivity index (χ3n) is 3.00. The largest absolute Gasteiger partial charge is 0.292 e. The number of hydrogen-bond donors (Lipinski definition) is 0. The lowest BCUT2D eigenvalue weighted by Crippen LogP contribution is -2.18. The summed E-state index contributed by atoms with van der Waals surface area (Å²) in [6.45, 7) is 5.84. The molecule has 1 atom stereocenters. The lowest BCUT2D eigenvalue weighted by molar-refractivity contribution is 0.0927. The van der Waals surface area contributed by atoms with Gasteiger partial charge in [-0.1, -0.05) is 17.7 Å². The van der Waals surface area contributed by atoms with Gasteiger partial charge < -0.3 is 0 Å². The van der Waals surface area contributed by atoms with Gasteiger partial charge in [0, 0.05) is 11.8 Å². The summed E-state index contributed by atoms with van der Waals surface area (Å²) in [4.78, 5) is 12.5. The first-order chi connectivity index (χ1) is 8.49. The fraction of sp³-hybridized carbons (Fsp3) is 0.286. The Morgan fingerprint density at radius 2 is 2.11 bits per heavy atom. The summed E-state index contributed by atoms with van der Waals surface area (Å²) in [5.41, 5.74) is 2.90. The molecule has 0 bridgehead atoms. The Labute approximate surface area is 120 Å². The summed E-state index contributed by atoms with van der Waals surface area (Å²) in [7, 11) is 0. The van der Waals surface area contributed by atoms with E-state index in [0.717, 1.165) is 20.3 Å². The van der Waals surface area contributed by atoms with Crippen molar-refractivity contribution >= 4 is 28.4 Å². The molecule has 0 amide bonds. The summed E-state index contributed by atoms with van der Waals surface area (Å²) >= 11 is 2.19. The quantitative estimate of drug-likeness (QED) is 0.624. The zero-order valence-electron chi connectivity index (χ0n) is 10.6. The standard InChI is InChI=1S/C14H15IN2O/c1-9-4-5-10(2)13(6-9)14(18)11(3)17-8-12(15)7-16-17/h4-8,11H,1-3H3. The lowest BCUT2D eigenvalue weighted by atomic mass is 9.98. The number of carbonyl (C=O) groups excluding carboxylic acids is 1. The summed E-state index contributed by atoms with van der Waals surface area (Å²) in [6.07, 6.45) is 3.64. The van der Waals surface area contributed by atoms with Gasteiger partial charge in [0.15, 0.2) is 5.78 Å². The number of hydrogen-bond acceptors (Lipinski definition) is 2. The number of carbonyl (C=O) groups is 1. The van der Waals surface area contributed by atoms with E-state index in [1.54, 1.807) is 10.9 Å². The highest BCUT2D eigenvalue weighted by atomic mass is 127. The van der Waals surface area contributed by atoms with Crippen LogP contribution in [0.3, 0.4) is 0 Å². The Balaban J connectivity index is 2.33. The van der Waals surface area contributed by atoms with E-state index < -0.39 is 0 Å². The van der Waals surface area contributed by atoms with Crippen LogP contribution in [0.1, 0.15) is 34.5 Å². The highest BCUT2D eigenvalue weighted by Crippen LogP contribution is 2.19. The van der Waals surface area contributed by atoms with Crippen molar-refractivity contribution < 1.29 is 4.79 Å². The Morgan fingerprint density at radius 3 is 2.72 bits per heavy atom. The molecule has 0 saturated heterocycles. The number of benzene rings is 1. The van der Waals surface area contributed by atoms with Gasteiger partial charge in [-0.25, -0.2) is 0 Å². The van der Waals surface area contributed by atoms with Gasteiger partial charge in [-0.05, 0) is 55.0 Å². The molecule has 3 nitrogen and oxygen atoms in total. The number of nitrogens with zero attached hydrogens (tertiary/aromatic N) is 2. The molecule has 0 N–H and O–H groups in total. The number of ketones is 1. The van der Waals surface area contributed by atoms with Crippen LogP contribution < -0.4 is 0 Å². The van der Waals surface area contributed by atoms with Gasteiger partial charge in [0.1, 0.15) is 6.04 Å². The van der Waals surface area contributed by atoms with Crippen LogP contribution in [0, 0.1) is 17.4 Å². The van der Waals surface area contributed by atoms with Crippen molar-refractivity contribution in [2.75, 3.05) is 0 Å². The molecule has 1 aromatic heterocycles. The molecule has 2 rings (SSSR count). The van der Waals surface area contributed by atoms with Crippen LogP contribution in [0.2, 0.25) is 0 Å². The molecule has 4 heteroatoms. The Kier molecular flexibility index (Phi) is 3.85. The molecule has 0 saturated carbocycles. The normalized spacial score (nSPS) is 12.4. The molecule has 0 aliphatic rings. The molecule has 0 aliphatic heterocycles. The maximum atomic E-state index is 12.5. The Bertz CT molecular complexity index is 589. The van der Waals surface area contributed by atoms with Crippen molar-refractivity contribution in [2.45, 2.75) is 26.8 Å². The molecule has 2 aromatic rings. The average Bonchev–Trinajstić information content (AvgIpc) is 2.77. The molecule has 1 aromatic carbocycles. The number of aryl methyl sites for hydroxylation is 2. The first-order valence-electron chi connectivity index (χ1n) is 5.80. The number of aromatic nitrogens is 2. The van der Waals surface area contributed by atoms with Crippen LogP contribution in [0.4, 0.5) is 0 Å². The molecule has 0 radical (unpaired) electrons. The van der Waals surface area contributed by atoms with Gasteiger partial charge in [0.2, 0.25) is 0 Å². The molecule has 94 valence electrons. The van der Waals surface area contributed by atoms with Crippen molar-refractivity contribution in [3.8, 4) is 0 Å². The number of halogens is 1. The predicted molar refractivity (Wildman–Crippen MR) is 79.9 cm³/mol. The lowest BCUT2D eigenvalue weighted by Gasteiger charge is -2.13. The average molecular weight is 354 g/mol. The minimum absolute atomic E-state index is 0.107. The number of Topliss-reactive ketones (excluding diaryl/α,β-unsaturated/α-hetero) is 1.